The average molecular weight is 706 g/mol. The number of benzene rings is 2. The van der Waals surface area contributed by atoms with Gasteiger partial charge in [0.1, 0.15) is 11.6 Å². The maximum absolute atomic E-state index is 13.3. The number of amides is 1. The number of thiophene rings is 1. The van der Waals surface area contributed by atoms with Crippen molar-refractivity contribution in [2.45, 2.75) is 31.6 Å². The second-order valence-electron chi connectivity index (χ2n) is 9.73. The number of phenolic OH excluding ortho intramolecular Hbond substituents is 1. The van der Waals surface area contributed by atoms with E-state index in [2.05, 4.69) is 21.7 Å². The molecule has 2 aromatic carbocycles. The summed E-state index contributed by atoms with van der Waals surface area (Å²) in [6.07, 6.45) is 2.14. The van der Waals surface area contributed by atoms with Crippen LogP contribution >= 0.6 is 11.3 Å². The van der Waals surface area contributed by atoms with Crippen LogP contribution in [-0.4, -0.2) is 53.5 Å². The largest absolute Gasteiger partial charge is 0.507 e. The summed E-state index contributed by atoms with van der Waals surface area (Å²) in [7, 11) is 0. The number of phenols is 1. The van der Waals surface area contributed by atoms with Gasteiger partial charge in [-0.05, 0) is 96.4 Å². The zero-order valence-electron chi connectivity index (χ0n) is 20.1. The minimum Gasteiger partial charge on any atom is -0.507 e. The molecule has 1 N–H and O–H groups in total. The van der Waals surface area contributed by atoms with Crippen molar-refractivity contribution in [3.63, 3.8) is 0 Å². The number of carbonyl (C=O) groups is 1. The molecule has 1 amide bonds. The monoisotopic (exact) mass is 705 g/mol. The van der Waals surface area contributed by atoms with E-state index in [1.807, 2.05) is 36.1 Å². The molecule has 2 atom stereocenters. The summed E-state index contributed by atoms with van der Waals surface area (Å²) in [5, 5.41) is 14.8. The predicted octanol–water partition coefficient (Wildman–Crippen LogP) is 5.64. The van der Waals surface area contributed by atoms with Gasteiger partial charge in [-0.1, -0.05) is 24.3 Å². The Morgan fingerprint density at radius 2 is 1.80 bits per heavy atom. The van der Waals surface area contributed by atoms with Crippen LogP contribution in [0, 0.1) is 62.7 Å². The van der Waals surface area contributed by atoms with Crippen molar-refractivity contribution in [3.8, 4) is 5.75 Å². The summed E-state index contributed by atoms with van der Waals surface area (Å²) in [5.41, 5.74) is 3.65. The summed E-state index contributed by atoms with van der Waals surface area (Å²) in [4.78, 5) is 17.8. The van der Waals surface area contributed by atoms with Crippen molar-refractivity contribution in [2.24, 2.45) is 5.92 Å². The third kappa shape index (κ3) is 6.01. The maximum Gasteiger partial charge on any atom is 0.257 e. The Hall–Kier alpha value is -1.26. The number of aromatic hydroxyl groups is 1. The maximum atomic E-state index is 13.3. The number of halogens is 1. The van der Waals surface area contributed by atoms with E-state index in [1.54, 1.807) is 29.5 Å². The molecule has 0 bridgehead atoms. The molecule has 4 nitrogen and oxygen atoms in total. The molecule has 35 heavy (non-hydrogen) atoms. The first-order chi connectivity index (χ1) is 16.5. The number of hydrogen-bond donors (Lipinski definition) is 1. The summed E-state index contributed by atoms with van der Waals surface area (Å²) in [6.45, 7) is 6.19. The van der Waals surface area contributed by atoms with Crippen molar-refractivity contribution in [1.82, 2.24) is 9.80 Å². The van der Waals surface area contributed by atoms with Crippen LogP contribution in [0.25, 0.3) is 0 Å². The van der Waals surface area contributed by atoms with Gasteiger partial charge < -0.3 is 14.9 Å². The van der Waals surface area contributed by atoms with Crippen LogP contribution in [0.4, 0.5) is 4.39 Å². The first-order valence-electron chi connectivity index (χ1n) is 12.1. The molecule has 2 aliphatic heterocycles. The van der Waals surface area contributed by atoms with E-state index in [4.69, 9.17) is 0 Å². The molecular weight excluding hydrogens is 674 g/mol. The van der Waals surface area contributed by atoms with Gasteiger partial charge in [0.25, 0.3) is 5.91 Å². The van der Waals surface area contributed by atoms with Crippen molar-refractivity contribution in [2.75, 3.05) is 32.7 Å². The van der Waals surface area contributed by atoms with E-state index < -0.39 is 0 Å². The Kier molecular flexibility index (Phi) is 9.08. The number of rotatable bonds is 5. The number of carbonyl (C=O) groups excluding carboxylic acids is 1. The van der Waals surface area contributed by atoms with Gasteiger partial charge >= 0.3 is 0 Å². The summed E-state index contributed by atoms with van der Waals surface area (Å²) in [5.74, 6) is 0.963. The molecule has 1 radical (unpaired) electrons. The Morgan fingerprint density at radius 1 is 1.06 bits per heavy atom. The Balaban J connectivity index is 0.00000289. The van der Waals surface area contributed by atoms with Crippen LogP contribution in [0.2, 0.25) is 0 Å². The zero-order valence-corrected chi connectivity index (χ0v) is 25.6. The molecule has 0 saturated carbocycles. The van der Waals surface area contributed by atoms with Gasteiger partial charge in [0.2, 0.25) is 0 Å². The van der Waals surface area contributed by atoms with Crippen molar-refractivity contribution in [3.05, 3.63) is 87.4 Å². The smallest absolute Gasteiger partial charge is 0.257 e. The molecule has 0 spiro atoms. The van der Waals surface area contributed by atoms with E-state index in [9.17, 15) is 14.3 Å². The first-order valence-corrected chi connectivity index (χ1v) is 13.0. The van der Waals surface area contributed by atoms with Gasteiger partial charge in [0.15, 0.2) is 0 Å². The molecule has 7 heteroatoms. The van der Waals surface area contributed by atoms with Gasteiger partial charge in [-0.25, -0.2) is 4.39 Å². The minimum absolute atomic E-state index is 0. The molecule has 3 heterocycles. The Labute approximate surface area is 246 Å². The van der Waals surface area contributed by atoms with Crippen molar-refractivity contribution < 1.29 is 58.4 Å². The van der Waals surface area contributed by atoms with Gasteiger partial charge in [-0.3, -0.25) is 4.79 Å². The summed E-state index contributed by atoms with van der Waals surface area (Å²) >= 11 is 1.70. The zero-order chi connectivity index (χ0) is 23.7. The van der Waals surface area contributed by atoms with E-state index in [0.29, 0.717) is 36.4 Å². The van der Waals surface area contributed by atoms with Crippen LogP contribution in [0.15, 0.2) is 59.3 Å². The average Bonchev–Trinajstić information content (AvgIpc) is 3.52. The van der Waals surface area contributed by atoms with Crippen LogP contribution in [0.3, 0.4) is 0 Å². The number of piperidine rings is 1. The number of hydrogen-bond acceptors (Lipinski definition) is 4. The topological polar surface area (TPSA) is 43.8 Å². The van der Waals surface area contributed by atoms with Crippen molar-refractivity contribution in [1.29, 1.82) is 0 Å². The van der Waals surface area contributed by atoms with Gasteiger partial charge in [-0.15, -0.1) is 0 Å². The van der Waals surface area contributed by atoms with Gasteiger partial charge in [0, 0.05) is 69.6 Å². The quantitative estimate of drug-likeness (QED) is 0.374. The number of aryl methyl sites for hydroxylation is 1. The fourth-order valence-electron chi connectivity index (χ4n) is 5.60. The molecule has 181 valence electrons. The molecule has 5 rings (SSSR count). The molecule has 2 fully saturated rings. The summed E-state index contributed by atoms with van der Waals surface area (Å²) < 4.78 is 13.3. The van der Waals surface area contributed by atoms with Crippen LogP contribution in [-0.2, 0) is 0 Å². The third-order valence-corrected chi connectivity index (χ3v) is 8.29. The molecule has 2 unspecified atom stereocenters. The van der Waals surface area contributed by atoms with Crippen LogP contribution < -0.4 is 0 Å². The molecule has 1 aromatic heterocycles. The van der Waals surface area contributed by atoms with Crippen molar-refractivity contribution >= 4 is 17.2 Å². The minimum atomic E-state index is -0.181. The Bertz CT molecular complexity index is 1130. The van der Waals surface area contributed by atoms with E-state index in [0.717, 1.165) is 38.0 Å². The number of likely N-dealkylation sites (tertiary alicyclic amines) is 2. The fraction of sp³-hybridized carbons (Fsp3) is 0.393. The normalized spacial score (nSPS) is 21.1. The summed E-state index contributed by atoms with van der Waals surface area (Å²) in [6, 6.07) is 14.5. The van der Waals surface area contributed by atoms with Gasteiger partial charge in [0.05, 0.1) is 5.56 Å². The molecule has 0 aliphatic carbocycles. The number of para-hydroxylation sites is 1. The third-order valence-electron chi connectivity index (χ3n) is 7.59. The SMILES string of the molecule is Cc1cccc(C(=O)N2CC(CN3CCC(c4ccc(F)cc4)CC3)C(c3ccsc3)C2)c1O.[Ac]. The molecule has 2 saturated heterocycles. The van der Waals surface area contributed by atoms with Crippen LogP contribution in [0.5, 0.6) is 5.75 Å². The fourth-order valence-corrected chi connectivity index (χ4v) is 6.33. The molecular formula is C28H31AcFN2O2S. The van der Waals surface area contributed by atoms with Crippen LogP contribution in [0.1, 0.15) is 51.7 Å². The second kappa shape index (κ2) is 11.9. The molecule has 3 aromatic rings. The van der Waals surface area contributed by atoms with E-state index in [-0.39, 0.29) is 61.5 Å². The van der Waals surface area contributed by atoms with E-state index in [1.165, 1.54) is 11.1 Å². The van der Waals surface area contributed by atoms with E-state index >= 15 is 0 Å². The predicted molar refractivity (Wildman–Crippen MR) is 134 cm³/mol. The second-order valence-corrected chi connectivity index (χ2v) is 10.5. The molecule has 2 aliphatic rings. The number of nitrogens with zero attached hydrogens (tertiary/aromatic N) is 2. The van der Waals surface area contributed by atoms with Gasteiger partial charge in [-0.2, -0.15) is 11.3 Å². The Morgan fingerprint density at radius 3 is 2.49 bits per heavy atom. The first kappa shape index (κ1) is 26.8. The standard InChI is InChI=1S/C28H31FN2O2S.Ac/c1-19-3-2-4-25(27(19)32)28(33)31-16-23(26(17-31)22-11-14-34-18-22)15-30-12-9-21(10-13-30)20-5-7-24(29)8-6-20;/h2-8,11,14,18,21,23,26,32H,9-10,12-13,15-17H2,1H3;.